The predicted octanol–water partition coefficient (Wildman–Crippen LogP) is 3.46. The van der Waals surface area contributed by atoms with Gasteiger partial charge >= 0.3 is 12.0 Å². The fourth-order valence-electron chi connectivity index (χ4n) is 4.88. The zero-order valence-electron chi connectivity index (χ0n) is 21.0. The van der Waals surface area contributed by atoms with Crippen LogP contribution in [0, 0.1) is 17.1 Å². The summed E-state index contributed by atoms with van der Waals surface area (Å²) in [6, 6.07) is 11.3. The first kappa shape index (κ1) is 24.9. The first-order chi connectivity index (χ1) is 19.0. The molecule has 2 aromatic heterocycles. The van der Waals surface area contributed by atoms with Gasteiger partial charge in [-0.25, -0.2) is 19.2 Å². The first-order valence-electron chi connectivity index (χ1n) is 12.7. The maximum atomic E-state index is 14.2. The molecule has 4 aromatic rings. The Bertz CT molecular complexity index is 1610. The predicted molar refractivity (Wildman–Crippen MR) is 136 cm³/mol. The van der Waals surface area contributed by atoms with E-state index in [0.717, 1.165) is 54.1 Å². The van der Waals surface area contributed by atoms with Crippen molar-refractivity contribution < 1.29 is 23.8 Å². The number of hydrogen-bond acceptors (Lipinski definition) is 8. The van der Waals surface area contributed by atoms with Crippen molar-refractivity contribution in [3.05, 3.63) is 82.2 Å². The number of carboxylic acids is 1. The molecule has 1 saturated heterocycles. The fraction of sp³-hybridized carbons (Fsp3) is 0.321. The van der Waals surface area contributed by atoms with Crippen LogP contribution in [0.15, 0.2) is 42.6 Å². The van der Waals surface area contributed by atoms with E-state index in [0.29, 0.717) is 25.2 Å². The molecule has 2 aliphatic rings. The molecule has 2 aromatic carbocycles. The number of aromatic carboxylic acids is 1. The van der Waals surface area contributed by atoms with E-state index in [9.17, 15) is 14.3 Å². The first-order valence-corrected chi connectivity index (χ1v) is 12.7. The highest BCUT2D eigenvalue weighted by Crippen LogP contribution is 2.25. The number of halogens is 1. The van der Waals surface area contributed by atoms with Crippen LogP contribution in [0.5, 0.6) is 6.01 Å². The lowest BCUT2D eigenvalue weighted by atomic mass is 10.1. The second kappa shape index (κ2) is 10.4. The number of ether oxygens (including phenoxy) is 2. The second-order valence-corrected chi connectivity index (χ2v) is 9.72. The van der Waals surface area contributed by atoms with E-state index >= 15 is 0 Å². The minimum absolute atomic E-state index is 0.0500. The Morgan fingerprint density at radius 1 is 1.26 bits per heavy atom. The summed E-state index contributed by atoms with van der Waals surface area (Å²) < 4.78 is 27.6. The zero-order chi connectivity index (χ0) is 26.9. The van der Waals surface area contributed by atoms with Crippen molar-refractivity contribution in [3.8, 4) is 12.1 Å². The monoisotopic (exact) mass is 528 g/mol. The summed E-state index contributed by atoms with van der Waals surface area (Å²) >= 11 is 0. The summed E-state index contributed by atoms with van der Waals surface area (Å²) in [5, 5.41) is 18.4. The Morgan fingerprint density at radius 2 is 2.13 bits per heavy atom. The number of fused-ring (bicyclic) bond motifs is 2. The molecule has 0 radical (unpaired) electrons. The number of carbonyl (C=O) groups is 1. The lowest BCUT2D eigenvalue weighted by Gasteiger charge is -2.30. The molecule has 10 nitrogen and oxygen atoms in total. The van der Waals surface area contributed by atoms with Crippen molar-refractivity contribution in [2.45, 2.75) is 45.2 Å². The van der Waals surface area contributed by atoms with Gasteiger partial charge in [0.1, 0.15) is 18.2 Å². The van der Waals surface area contributed by atoms with Crippen LogP contribution in [-0.2, 0) is 37.4 Å². The Balaban J connectivity index is 1.19. The smallest absolute Gasteiger partial charge is 0.335 e. The number of imidazole rings is 1. The summed E-state index contributed by atoms with van der Waals surface area (Å²) in [7, 11) is 0. The summed E-state index contributed by atoms with van der Waals surface area (Å²) in [6.07, 6.45) is 3.56. The van der Waals surface area contributed by atoms with Gasteiger partial charge in [0.15, 0.2) is 0 Å². The Kier molecular flexibility index (Phi) is 6.64. The van der Waals surface area contributed by atoms with E-state index < -0.39 is 11.8 Å². The lowest BCUT2D eigenvalue weighted by Crippen LogP contribution is -2.34. The minimum Gasteiger partial charge on any atom is -0.478 e. The highest BCUT2D eigenvalue weighted by molar-refractivity contribution is 5.92. The second-order valence-electron chi connectivity index (χ2n) is 9.72. The summed E-state index contributed by atoms with van der Waals surface area (Å²) in [5.41, 5.74) is 4.19. The molecular formula is C28H25FN6O4. The number of benzene rings is 2. The number of carboxylic acid groups (broad SMARTS) is 1. The van der Waals surface area contributed by atoms with Crippen LogP contribution in [0.2, 0.25) is 0 Å². The van der Waals surface area contributed by atoms with Crippen molar-refractivity contribution in [1.29, 1.82) is 5.26 Å². The standard InChI is InChI=1S/C28H25FN6O4/c29-22-9-17(11-30)1-2-20(22)16-39-28-31-12-19-5-7-34(14-24(19)33-28)15-26-32-23-4-3-18(27(36)37)10-25(23)35(26)13-21-6-8-38-21/h1-4,9-10,12,21H,5-8,13-16H2,(H,36,37)/t21-/m0/s1. The third-order valence-corrected chi connectivity index (χ3v) is 7.16. The van der Waals surface area contributed by atoms with E-state index in [2.05, 4.69) is 19.4 Å². The normalized spacial score (nSPS) is 16.9. The minimum atomic E-state index is -0.974. The van der Waals surface area contributed by atoms with Gasteiger partial charge < -0.3 is 19.1 Å². The third kappa shape index (κ3) is 5.16. The zero-order valence-corrected chi connectivity index (χ0v) is 21.0. The van der Waals surface area contributed by atoms with E-state index in [4.69, 9.17) is 19.7 Å². The van der Waals surface area contributed by atoms with Gasteiger partial charge in [-0.2, -0.15) is 10.2 Å². The number of nitriles is 1. The number of rotatable bonds is 8. The maximum Gasteiger partial charge on any atom is 0.335 e. The molecule has 1 N–H and O–H groups in total. The van der Waals surface area contributed by atoms with Gasteiger partial charge in [0.05, 0.1) is 53.1 Å². The summed E-state index contributed by atoms with van der Waals surface area (Å²) in [6.45, 7) is 3.20. The largest absolute Gasteiger partial charge is 0.478 e. The van der Waals surface area contributed by atoms with Crippen molar-refractivity contribution in [2.75, 3.05) is 13.2 Å². The molecule has 11 heteroatoms. The van der Waals surface area contributed by atoms with Crippen molar-refractivity contribution >= 4 is 17.0 Å². The van der Waals surface area contributed by atoms with E-state index in [1.54, 1.807) is 30.5 Å². The average Bonchev–Trinajstić information content (AvgIpc) is 3.25. The Labute approximate surface area is 223 Å². The molecule has 198 valence electrons. The lowest BCUT2D eigenvalue weighted by molar-refractivity contribution is -0.0592. The van der Waals surface area contributed by atoms with Gasteiger partial charge in [0.25, 0.3) is 0 Å². The molecule has 1 fully saturated rings. The summed E-state index contributed by atoms with van der Waals surface area (Å²) in [4.78, 5) is 27.5. The highest BCUT2D eigenvalue weighted by Gasteiger charge is 2.25. The molecule has 4 heterocycles. The van der Waals surface area contributed by atoms with Crippen LogP contribution in [0.3, 0.4) is 0 Å². The van der Waals surface area contributed by atoms with Crippen LogP contribution in [0.25, 0.3) is 11.0 Å². The van der Waals surface area contributed by atoms with E-state index in [-0.39, 0.29) is 29.8 Å². The molecule has 0 bridgehead atoms. The molecule has 0 unspecified atom stereocenters. The topological polar surface area (TPSA) is 126 Å². The van der Waals surface area contributed by atoms with Crippen molar-refractivity contribution in [2.24, 2.45) is 0 Å². The Morgan fingerprint density at radius 3 is 2.87 bits per heavy atom. The summed E-state index contributed by atoms with van der Waals surface area (Å²) in [5.74, 6) is -0.643. The molecular weight excluding hydrogens is 503 g/mol. The molecule has 0 spiro atoms. The van der Waals surface area contributed by atoms with E-state index in [1.807, 2.05) is 6.07 Å². The molecule has 0 aliphatic carbocycles. The number of hydrogen-bond donors (Lipinski definition) is 1. The molecule has 0 amide bonds. The molecule has 39 heavy (non-hydrogen) atoms. The number of aromatic nitrogens is 4. The molecule has 0 saturated carbocycles. The van der Waals surface area contributed by atoms with Crippen molar-refractivity contribution in [1.82, 2.24) is 24.4 Å². The Hall–Kier alpha value is -4.40. The number of nitrogens with zero attached hydrogens (tertiary/aromatic N) is 6. The molecule has 6 rings (SSSR count). The van der Waals surface area contributed by atoms with Crippen LogP contribution >= 0.6 is 0 Å². The average molecular weight is 529 g/mol. The van der Waals surface area contributed by atoms with Gasteiger partial charge in [0.2, 0.25) is 0 Å². The SMILES string of the molecule is N#Cc1ccc(COc2ncc3c(n2)CN(Cc2nc4ccc(C(=O)O)cc4n2C[C@@H]2CCO2)CC3)c(F)c1. The highest BCUT2D eigenvalue weighted by atomic mass is 19.1. The van der Waals surface area contributed by atoms with Crippen molar-refractivity contribution in [3.63, 3.8) is 0 Å². The third-order valence-electron chi connectivity index (χ3n) is 7.16. The maximum absolute atomic E-state index is 14.2. The van der Waals surface area contributed by atoms with Crippen LogP contribution in [0.1, 0.15) is 45.0 Å². The van der Waals surface area contributed by atoms with Crippen LogP contribution < -0.4 is 4.74 Å². The molecule has 2 aliphatic heterocycles. The quantitative estimate of drug-likeness (QED) is 0.366. The fourth-order valence-corrected chi connectivity index (χ4v) is 4.88. The molecule has 1 atom stereocenters. The van der Waals surface area contributed by atoms with Gasteiger partial charge in [0, 0.05) is 31.5 Å². The van der Waals surface area contributed by atoms with Gasteiger partial charge in [-0.1, -0.05) is 6.07 Å². The van der Waals surface area contributed by atoms with Crippen LogP contribution in [-0.4, -0.2) is 54.8 Å². The van der Waals surface area contributed by atoms with Crippen LogP contribution in [0.4, 0.5) is 4.39 Å². The van der Waals surface area contributed by atoms with E-state index in [1.165, 1.54) is 12.1 Å². The van der Waals surface area contributed by atoms with Gasteiger partial charge in [-0.3, -0.25) is 4.90 Å². The van der Waals surface area contributed by atoms with Gasteiger partial charge in [-0.15, -0.1) is 0 Å². The van der Waals surface area contributed by atoms with Gasteiger partial charge in [-0.05, 0) is 48.7 Å².